The molecule has 6 heteroatoms. The molecule has 1 aromatic carbocycles. The minimum atomic E-state index is -1.10. The number of amides is 1. The molecule has 1 amide bonds. The number of carboxylic acids is 1. The second-order valence-electron chi connectivity index (χ2n) is 2.80. The number of anilines is 1. The number of hydrogen-bond donors (Lipinski definition) is 2. The van der Waals surface area contributed by atoms with Gasteiger partial charge in [-0.1, -0.05) is 11.6 Å². The van der Waals surface area contributed by atoms with Crippen LogP contribution in [0.1, 0.15) is 17.3 Å². The summed E-state index contributed by atoms with van der Waals surface area (Å²) < 4.78 is 0.626. The molecule has 0 aliphatic heterocycles. The smallest absolute Gasteiger partial charge is 0.337 e. The number of carboxylic acid groups (broad SMARTS) is 1. The second-order valence-corrected chi connectivity index (χ2v) is 4.37. The van der Waals surface area contributed by atoms with Crippen molar-refractivity contribution in [1.82, 2.24) is 0 Å². The van der Waals surface area contributed by atoms with E-state index in [0.717, 1.165) is 0 Å². The third-order valence-electron chi connectivity index (χ3n) is 1.60. The molecule has 1 aromatic rings. The molecule has 0 saturated carbocycles. The fourth-order valence-corrected chi connectivity index (χ4v) is 1.65. The Hall–Kier alpha value is -0.820. The Balaban J connectivity index is 3.28. The van der Waals surface area contributed by atoms with E-state index < -0.39 is 5.97 Å². The molecule has 0 heterocycles. The zero-order chi connectivity index (χ0) is 11.6. The number of carbonyl (C=O) groups excluding carboxylic acids is 1. The largest absolute Gasteiger partial charge is 0.478 e. The predicted molar refractivity (Wildman–Crippen MR) is 65.4 cm³/mol. The van der Waals surface area contributed by atoms with Gasteiger partial charge in [0.05, 0.1) is 16.3 Å². The molecular formula is C9H7ClINO3. The Labute approximate surface area is 105 Å². The van der Waals surface area contributed by atoms with E-state index in [1.165, 1.54) is 19.1 Å². The van der Waals surface area contributed by atoms with E-state index in [4.69, 9.17) is 16.7 Å². The van der Waals surface area contributed by atoms with Gasteiger partial charge in [-0.2, -0.15) is 0 Å². The molecule has 0 aromatic heterocycles. The van der Waals surface area contributed by atoms with E-state index in [0.29, 0.717) is 8.59 Å². The van der Waals surface area contributed by atoms with Crippen molar-refractivity contribution in [2.75, 3.05) is 5.32 Å². The van der Waals surface area contributed by atoms with Crippen LogP contribution in [0.2, 0.25) is 5.02 Å². The highest BCUT2D eigenvalue weighted by atomic mass is 127. The van der Waals surface area contributed by atoms with Crippen LogP contribution in [0, 0.1) is 3.57 Å². The van der Waals surface area contributed by atoms with Crippen LogP contribution in [0.4, 0.5) is 5.69 Å². The minimum Gasteiger partial charge on any atom is -0.478 e. The summed E-state index contributed by atoms with van der Waals surface area (Å²) in [6, 6.07) is 2.84. The van der Waals surface area contributed by atoms with Gasteiger partial charge in [0.1, 0.15) is 0 Å². The molecule has 1 rings (SSSR count). The van der Waals surface area contributed by atoms with Crippen molar-refractivity contribution in [3.63, 3.8) is 0 Å². The summed E-state index contributed by atoms with van der Waals surface area (Å²) in [6.45, 7) is 1.30. The van der Waals surface area contributed by atoms with Crippen LogP contribution >= 0.6 is 34.2 Å². The highest BCUT2D eigenvalue weighted by Gasteiger charge is 2.13. The monoisotopic (exact) mass is 339 g/mol. The van der Waals surface area contributed by atoms with Crippen LogP contribution in [0.25, 0.3) is 0 Å². The fraction of sp³-hybridized carbons (Fsp3) is 0.111. The van der Waals surface area contributed by atoms with Gasteiger partial charge in [0.15, 0.2) is 0 Å². The first-order chi connectivity index (χ1) is 6.91. The van der Waals surface area contributed by atoms with Crippen molar-refractivity contribution in [2.45, 2.75) is 6.92 Å². The number of nitrogens with one attached hydrogen (secondary N) is 1. The van der Waals surface area contributed by atoms with Gasteiger partial charge < -0.3 is 10.4 Å². The van der Waals surface area contributed by atoms with E-state index in [1.54, 1.807) is 0 Å². The SMILES string of the molecule is CC(=O)Nc1cc(Cl)c(I)cc1C(=O)O. The minimum absolute atomic E-state index is 0.0269. The summed E-state index contributed by atoms with van der Waals surface area (Å²) in [7, 11) is 0. The molecular weight excluding hydrogens is 332 g/mol. The van der Waals surface area contributed by atoms with Crippen molar-refractivity contribution in [3.8, 4) is 0 Å². The Bertz CT molecular complexity index is 434. The van der Waals surface area contributed by atoms with Crippen LogP contribution in [0.3, 0.4) is 0 Å². The standard InChI is InChI=1S/C9H7ClINO3/c1-4(13)12-8-3-6(10)7(11)2-5(8)9(14)15/h2-3H,1H3,(H,12,13)(H,14,15). The lowest BCUT2D eigenvalue weighted by molar-refractivity contribution is -0.114. The Morgan fingerprint density at radius 2 is 2.07 bits per heavy atom. The van der Waals surface area contributed by atoms with Crippen molar-refractivity contribution < 1.29 is 14.7 Å². The Morgan fingerprint density at radius 1 is 1.47 bits per heavy atom. The third kappa shape index (κ3) is 3.07. The maximum Gasteiger partial charge on any atom is 0.337 e. The molecule has 0 aliphatic rings. The van der Waals surface area contributed by atoms with Crippen molar-refractivity contribution in [1.29, 1.82) is 0 Å². The molecule has 0 unspecified atom stereocenters. The Morgan fingerprint density at radius 3 is 2.53 bits per heavy atom. The number of aromatic carboxylic acids is 1. The van der Waals surface area contributed by atoms with E-state index in [-0.39, 0.29) is 17.2 Å². The topological polar surface area (TPSA) is 66.4 Å². The van der Waals surface area contributed by atoms with Gasteiger partial charge in [-0.25, -0.2) is 4.79 Å². The van der Waals surface area contributed by atoms with Gasteiger partial charge in [-0.15, -0.1) is 0 Å². The van der Waals surface area contributed by atoms with E-state index in [2.05, 4.69) is 5.32 Å². The highest BCUT2D eigenvalue weighted by Crippen LogP contribution is 2.26. The summed E-state index contributed by atoms with van der Waals surface area (Å²) >= 11 is 7.75. The number of hydrogen-bond acceptors (Lipinski definition) is 2. The molecule has 2 N–H and O–H groups in total. The average Bonchev–Trinajstić information content (AvgIpc) is 2.09. The van der Waals surface area contributed by atoms with Crippen molar-refractivity contribution in [2.24, 2.45) is 0 Å². The summed E-state index contributed by atoms with van der Waals surface area (Å²) in [5, 5.41) is 11.7. The van der Waals surface area contributed by atoms with Gasteiger partial charge in [0.2, 0.25) is 5.91 Å². The number of rotatable bonds is 2. The van der Waals surface area contributed by atoms with Crippen molar-refractivity contribution in [3.05, 3.63) is 26.3 Å². The molecule has 0 saturated heterocycles. The maximum absolute atomic E-state index is 10.9. The molecule has 15 heavy (non-hydrogen) atoms. The van der Waals surface area contributed by atoms with Gasteiger partial charge in [-0.3, -0.25) is 4.79 Å². The summed E-state index contributed by atoms with van der Waals surface area (Å²) in [5.41, 5.74) is 0.236. The average molecular weight is 340 g/mol. The quantitative estimate of drug-likeness (QED) is 0.814. The van der Waals surface area contributed by atoms with Crippen LogP contribution < -0.4 is 5.32 Å². The van der Waals surface area contributed by atoms with E-state index in [9.17, 15) is 9.59 Å². The summed E-state index contributed by atoms with van der Waals surface area (Å²) in [5.74, 6) is -1.44. The molecule has 4 nitrogen and oxygen atoms in total. The predicted octanol–water partition coefficient (Wildman–Crippen LogP) is 2.60. The van der Waals surface area contributed by atoms with Crippen LogP contribution in [0.5, 0.6) is 0 Å². The second kappa shape index (κ2) is 4.80. The van der Waals surface area contributed by atoms with Gasteiger partial charge in [0.25, 0.3) is 0 Å². The maximum atomic E-state index is 10.9. The molecule has 0 spiro atoms. The first kappa shape index (κ1) is 12.3. The molecule has 0 atom stereocenters. The molecule has 80 valence electrons. The number of carbonyl (C=O) groups is 2. The third-order valence-corrected chi connectivity index (χ3v) is 3.13. The van der Waals surface area contributed by atoms with Crippen LogP contribution in [-0.2, 0) is 4.79 Å². The zero-order valence-electron chi connectivity index (χ0n) is 7.67. The van der Waals surface area contributed by atoms with E-state index >= 15 is 0 Å². The lowest BCUT2D eigenvalue weighted by Gasteiger charge is -2.08. The first-order valence-corrected chi connectivity index (χ1v) is 5.37. The first-order valence-electron chi connectivity index (χ1n) is 3.91. The normalized spacial score (nSPS) is 9.80. The molecule has 0 fully saturated rings. The molecule has 0 aliphatic carbocycles. The van der Waals surface area contributed by atoms with Crippen LogP contribution in [-0.4, -0.2) is 17.0 Å². The molecule has 0 radical (unpaired) electrons. The molecule has 0 bridgehead atoms. The van der Waals surface area contributed by atoms with Crippen molar-refractivity contribution >= 4 is 51.8 Å². The highest BCUT2D eigenvalue weighted by molar-refractivity contribution is 14.1. The Kier molecular flexibility index (Phi) is 3.92. The van der Waals surface area contributed by atoms with Crippen LogP contribution in [0.15, 0.2) is 12.1 Å². The lowest BCUT2D eigenvalue weighted by atomic mass is 10.2. The van der Waals surface area contributed by atoms with E-state index in [1.807, 2.05) is 22.6 Å². The summed E-state index contributed by atoms with van der Waals surface area (Å²) in [4.78, 5) is 21.7. The zero-order valence-corrected chi connectivity index (χ0v) is 10.6. The van der Waals surface area contributed by atoms with Gasteiger partial charge in [0, 0.05) is 10.5 Å². The van der Waals surface area contributed by atoms with Gasteiger partial charge in [-0.05, 0) is 34.7 Å². The number of benzene rings is 1. The van der Waals surface area contributed by atoms with Gasteiger partial charge >= 0.3 is 5.97 Å². The summed E-state index contributed by atoms with van der Waals surface area (Å²) in [6.07, 6.45) is 0. The fourth-order valence-electron chi connectivity index (χ4n) is 1.02. The lowest BCUT2D eigenvalue weighted by Crippen LogP contribution is -2.11. The number of halogens is 2.